The second-order valence-corrected chi connectivity index (χ2v) is 6.09. The molecule has 1 aromatic rings. The Bertz CT molecular complexity index is 354. The van der Waals surface area contributed by atoms with Crippen LogP contribution in [0.2, 0.25) is 0 Å². The van der Waals surface area contributed by atoms with Crippen LogP contribution in [0, 0.1) is 0 Å². The van der Waals surface area contributed by atoms with E-state index in [0.29, 0.717) is 6.04 Å². The van der Waals surface area contributed by atoms with Crippen LogP contribution in [0.4, 0.5) is 0 Å². The minimum atomic E-state index is 0.555. The molecule has 0 spiro atoms. The third-order valence-electron chi connectivity index (χ3n) is 3.70. The average molecular weight is 253 g/mol. The molecule has 0 unspecified atom stereocenters. The summed E-state index contributed by atoms with van der Waals surface area (Å²) in [5, 5.41) is 12.3. The van der Waals surface area contributed by atoms with Crippen LogP contribution >= 0.6 is 11.8 Å². The Labute approximate surface area is 106 Å². The highest BCUT2D eigenvalue weighted by Crippen LogP contribution is 2.29. The van der Waals surface area contributed by atoms with Crippen LogP contribution < -0.4 is 0 Å². The molecule has 94 valence electrons. The second kappa shape index (κ2) is 5.35. The van der Waals surface area contributed by atoms with Crippen molar-refractivity contribution in [3.63, 3.8) is 0 Å². The summed E-state index contributed by atoms with van der Waals surface area (Å²) in [7, 11) is 0. The number of tetrazole rings is 1. The molecule has 2 fully saturated rings. The van der Waals surface area contributed by atoms with Crippen molar-refractivity contribution in [2.24, 2.45) is 0 Å². The third kappa shape index (κ3) is 2.63. The fourth-order valence-corrected chi connectivity index (χ4v) is 3.69. The molecule has 0 bridgehead atoms. The van der Waals surface area contributed by atoms with E-state index in [4.69, 9.17) is 0 Å². The van der Waals surface area contributed by atoms with Crippen LogP contribution in [0.3, 0.4) is 0 Å². The first-order valence-electron chi connectivity index (χ1n) is 6.50. The molecule has 2 heterocycles. The molecule has 5 nitrogen and oxygen atoms in total. The molecule has 6 heteroatoms. The zero-order valence-corrected chi connectivity index (χ0v) is 10.9. The first-order chi connectivity index (χ1) is 8.43. The normalized spacial score (nSPS) is 23.3. The number of hydrogen-bond donors (Lipinski definition) is 0. The fraction of sp³-hybridized carbons (Fsp3) is 0.909. The molecule has 0 amide bonds. The molecule has 1 aliphatic heterocycles. The van der Waals surface area contributed by atoms with Crippen LogP contribution in [0.25, 0.3) is 0 Å². The summed E-state index contributed by atoms with van der Waals surface area (Å²) in [6, 6.07) is 0.555. The molecular formula is C11H19N5S. The van der Waals surface area contributed by atoms with Gasteiger partial charge >= 0.3 is 0 Å². The third-order valence-corrected chi connectivity index (χ3v) is 4.64. The van der Waals surface area contributed by atoms with Crippen molar-refractivity contribution < 1.29 is 0 Å². The van der Waals surface area contributed by atoms with Crippen LogP contribution in [-0.4, -0.2) is 49.7 Å². The summed E-state index contributed by atoms with van der Waals surface area (Å²) in [4.78, 5) is 2.47. The van der Waals surface area contributed by atoms with E-state index >= 15 is 0 Å². The minimum Gasteiger partial charge on any atom is -0.294 e. The molecule has 0 aromatic carbocycles. The van der Waals surface area contributed by atoms with Crippen molar-refractivity contribution in [2.75, 3.05) is 24.6 Å². The Morgan fingerprint density at radius 1 is 1.18 bits per heavy atom. The smallest absolute Gasteiger partial charge is 0.165 e. The molecule has 17 heavy (non-hydrogen) atoms. The summed E-state index contributed by atoms with van der Waals surface area (Å²) in [5.41, 5.74) is 0. The lowest BCUT2D eigenvalue weighted by Crippen LogP contribution is -2.33. The molecular weight excluding hydrogens is 234 g/mol. The van der Waals surface area contributed by atoms with Gasteiger partial charge in [0.25, 0.3) is 0 Å². The Kier molecular flexibility index (Phi) is 3.61. The van der Waals surface area contributed by atoms with Gasteiger partial charge in [0, 0.05) is 24.6 Å². The topological polar surface area (TPSA) is 46.8 Å². The van der Waals surface area contributed by atoms with Crippen LogP contribution in [-0.2, 0) is 6.54 Å². The van der Waals surface area contributed by atoms with Crippen molar-refractivity contribution in [1.82, 2.24) is 25.1 Å². The summed E-state index contributed by atoms with van der Waals surface area (Å²) in [6.45, 7) is 3.26. The maximum Gasteiger partial charge on any atom is 0.165 e. The van der Waals surface area contributed by atoms with Crippen molar-refractivity contribution in [3.8, 4) is 0 Å². The first kappa shape index (κ1) is 11.5. The molecule has 1 aliphatic carbocycles. The van der Waals surface area contributed by atoms with Crippen molar-refractivity contribution in [2.45, 2.75) is 38.3 Å². The summed E-state index contributed by atoms with van der Waals surface area (Å²) >= 11 is 2.04. The van der Waals surface area contributed by atoms with E-state index in [1.54, 1.807) is 0 Å². The zero-order chi connectivity index (χ0) is 11.5. The largest absolute Gasteiger partial charge is 0.294 e. The van der Waals surface area contributed by atoms with Crippen molar-refractivity contribution >= 4 is 11.8 Å². The first-order valence-corrected chi connectivity index (χ1v) is 7.66. The molecule has 0 N–H and O–H groups in total. The van der Waals surface area contributed by atoms with Crippen molar-refractivity contribution in [3.05, 3.63) is 5.82 Å². The number of rotatable bonds is 3. The highest BCUT2D eigenvalue weighted by atomic mass is 32.2. The quantitative estimate of drug-likeness (QED) is 0.813. The molecule has 3 rings (SSSR count). The highest BCUT2D eigenvalue weighted by molar-refractivity contribution is 7.99. The second-order valence-electron chi connectivity index (χ2n) is 4.87. The maximum atomic E-state index is 4.21. The van der Waals surface area contributed by atoms with E-state index in [-0.39, 0.29) is 0 Å². The minimum absolute atomic E-state index is 0.555. The molecule has 2 aliphatic rings. The van der Waals surface area contributed by atoms with E-state index in [1.807, 2.05) is 11.8 Å². The van der Waals surface area contributed by atoms with E-state index < -0.39 is 0 Å². The van der Waals surface area contributed by atoms with Crippen LogP contribution in [0.15, 0.2) is 0 Å². The van der Waals surface area contributed by atoms with Gasteiger partial charge in [0.2, 0.25) is 0 Å². The van der Waals surface area contributed by atoms with Gasteiger partial charge in [0.05, 0.1) is 12.6 Å². The molecule has 1 aromatic heterocycles. The summed E-state index contributed by atoms with van der Waals surface area (Å²) in [6.07, 6.45) is 5.14. The number of thioether (sulfide) groups is 1. The van der Waals surface area contributed by atoms with Crippen molar-refractivity contribution in [1.29, 1.82) is 0 Å². The van der Waals surface area contributed by atoms with E-state index in [9.17, 15) is 0 Å². The Morgan fingerprint density at radius 3 is 2.71 bits per heavy atom. The molecule has 0 atom stereocenters. The van der Waals surface area contributed by atoms with Gasteiger partial charge in [-0.05, 0) is 23.3 Å². The zero-order valence-electron chi connectivity index (χ0n) is 10.1. The van der Waals surface area contributed by atoms with Gasteiger partial charge in [0.15, 0.2) is 5.82 Å². The van der Waals surface area contributed by atoms with Crippen LogP contribution in [0.1, 0.15) is 37.5 Å². The van der Waals surface area contributed by atoms with Crippen LogP contribution in [0.5, 0.6) is 0 Å². The number of nitrogens with zero attached hydrogens (tertiary/aromatic N) is 5. The lowest BCUT2D eigenvalue weighted by Gasteiger charge is -2.25. The Morgan fingerprint density at radius 2 is 1.94 bits per heavy atom. The maximum absolute atomic E-state index is 4.21. The lowest BCUT2D eigenvalue weighted by molar-refractivity contribution is 0.274. The number of hydrogen-bond acceptors (Lipinski definition) is 5. The van der Waals surface area contributed by atoms with E-state index in [1.165, 1.54) is 50.3 Å². The van der Waals surface area contributed by atoms with Gasteiger partial charge in [-0.25, -0.2) is 4.68 Å². The SMILES string of the molecule is C1CCC(n2nnnc2CN2CCSCC2)C1. The van der Waals surface area contributed by atoms with Gasteiger partial charge in [-0.3, -0.25) is 4.90 Å². The van der Waals surface area contributed by atoms with Gasteiger partial charge in [-0.1, -0.05) is 12.8 Å². The fourth-order valence-electron chi connectivity index (χ4n) is 2.71. The molecule has 0 radical (unpaired) electrons. The van der Waals surface area contributed by atoms with Gasteiger partial charge < -0.3 is 0 Å². The number of aromatic nitrogens is 4. The highest BCUT2D eigenvalue weighted by Gasteiger charge is 2.22. The Hall–Kier alpha value is -0.620. The monoisotopic (exact) mass is 253 g/mol. The van der Waals surface area contributed by atoms with Gasteiger partial charge in [0.1, 0.15) is 0 Å². The van der Waals surface area contributed by atoms with Gasteiger partial charge in [-0.2, -0.15) is 11.8 Å². The molecule has 1 saturated heterocycles. The lowest BCUT2D eigenvalue weighted by atomic mass is 10.2. The summed E-state index contributed by atoms with van der Waals surface area (Å²) < 4.78 is 2.08. The average Bonchev–Trinajstić information content (AvgIpc) is 3.00. The molecule has 1 saturated carbocycles. The predicted octanol–water partition coefficient (Wildman–Crippen LogP) is 1.34. The summed E-state index contributed by atoms with van der Waals surface area (Å²) in [5.74, 6) is 3.54. The standard InChI is InChI=1S/C11H19N5S/c1-2-4-10(3-1)16-11(12-13-14-16)9-15-5-7-17-8-6-15/h10H,1-9H2. The van der Waals surface area contributed by atoms with E-state index in [2.05, 4.69) is 25.1 Å². The Balaban J connectivity index is 1.67. The predicted molar refractivity (Wildman–Crippen MR) is 67.9 cm³/mol. The van der Waals surface area contributed by atoms with Gasteiger partial charge in [-0.15, -0.1) is 5.10 Å². The van der Waals surface area contributed by atoms with E-state index in [0.717, 1.165) is 12.4 Å².